The fraction of sp³-hybridized carbons (Fsp3) is 0.421. The molecule has 0 aromatic carbocycles. The van der Waals surface area contributed by atoms with Crippen LogP contribution >= 0.6 is 11.8 Å². The van der Waals surface area contributed by atoms with Gasteiger partial charge in [0.05, 0.1) is 35.5 Å². The molecule has 0 aliphatic carbocycles. The highest BCUT2D eigenvalue weighted by atomic mass is 32.2. The Bertz CT molecular complexity index is 984. The van der Waals surface area contributed by atoms with Crippen LogP contribution in [-0.2, 0) is 23.1 Å². The molecule has 0 radical (unpaired) electrons. The van der Waals surface area contributed by atoms with Crippen LogP contribution in [0.25, 0.3) is 11.4 Å². The highest BCUT2D eigenvalue weighted by molar-refractivity contribution is 8.00. The molecule has 0 bridgehead atoms. The fourth-order valence-electron chi connectivity index (χ4n) is 2.87. The number of pyridine rings is 1. The first kappa shape index (κ1) is 21.0. The SMILES string of the molecule is COCCn1c(S[C@H](C)C(=O)Nc2c(C)nn(C)c2C)nnc1-c1ccncc1. The molecule has 1 N–H and O–H groups in total. The molecule has 0 fully saturated rings. The lowest BCUT2D eigenvalue weighted by molar-refractivity contribution is -0.115. The Balaban J connectivity index is 1.79. The number of amides is 1. The number of anilines is 1. The van der Waals surface area contributed by atoms with E-state index in [4.69, 9.17) is 4.74 Å². The van der Waals surface area contributed by atoms with Crippen LogP contribution in [0, 0.1) is 13.8 Å². The first-order valence-corrected chi connectivity index (χ1v) is 10.1. The Labute approximate surface area is 173 Å². The number of aryl methyl sites for hydroxylation is 2. The molecule has 3 rings (SSSR count). The minimum atomic E-state index is -0.371. The van der Waals surface area contributed by atoms with Crippen LogP contribution in [0.2, 0.25) is 0 Å². The van der Waals surface area contributed by atoms with Gasteiger partial charge in [0, 0.05) is 32.1 Å². The first-order valence-electron chi connectivity index (χ1n) is 9.22. The monoisotopic (exact) mass is 415 g/mol. The average Bonchev–Trinajstić information content (AvgIpc) is 3.22. The lowest BCUT2D eigenvalue weighted by Gasteiger charge is -2.14. The summed E-state index contributed by atoms with van der Waals surface area (Å²) in [6.45, 7) is 6.75. The molecule has 3 aromatic rings. The average molecular weight is 416 g/mol. The number of hydrogen-bond donors (Lipinski definition) is 1. The predicted molar refractivity (Wildman–Crippen MR) is 112 cm³/mol. The molecule has 1 atom stereocenters. The lowest BCUT2D eigenvalue weighted by atomic mass is 10.2. The van der Waals surface area contributed by atoms with Gasteiger partial charge in [0.2, 0.25) is 5.91 Å². The number of rotatable bonds is 8. The zero-order valence-corrected chi connectivity index (χ0v) is 18.0. The molecule has 29 heavy (non-hydrogen) atoms. The molecule has 0 unspecified atom stereocenters. The van der Waals surface area contributed by atoms with Crippen molar-refractivity contribution in [3.8, 4) is 11.4 Å². The van der Waals surface area contributed by atoms with E-state index in [0.717, 1.165) is 28.5 Å². The van der Waals surface area contributed by atoms with E-state index in [1.807, 2.05) is 44.5 Å². The molecular weight excluding hydrogens is 390 g/mol. The third-order valence-corrected chi connectivity index (χ3v) is 5.66. The summed E-state index contributed by atoms with van der Waals surface area (Å²) in [7, 11) is 3.51. The van der Waals surface area contributed by atoms with Crippen molar-refractivity contribution in [3.63, 3.8) is 0 Å². The van der Waals surface area contributed by atoms with E-state index >= 15 is 0 Å². The molecule has 0 saturated heterocycles. The van der Waals surface area contributed by atoms with Crippen LogP contribution in [0.15, 0.2) is 29.7 Å². The minimum absolute atomic E-state index is 0.110. The molecular formula is C19H25N7O2S. The molecule has 154 valence electrons. The summed E-state index contributed by atoms with van der Waals surface area (Å²) in [5, 5.41) is 16.3. The van der Waals surface area contributed by atoms with Crippen molar-refractivity contribution in [1.82, 2.24) is 29.5 Å². The number of carbonyl (C=O) groups excluding carboxylic acids is 1. The van der Waals surface area contributed by atoms with Gasteiger partial charge < -0.3 is 10.1 Å². The van der Waals surface area contributed by atoms with E-state index in [-0.39, 0.29) is 11.2 Å². The van der Waals surface area contributed by atoms with Gasteiger partial charge >= 0.3 is 0 Å². The van der Waals surface area contributed by atoms with Crippen LogP contribution in [0.5, 0.6) is 0 Å². The topological polar surface area (TPSA) is 99.8 Å². The van der Waals surface area contributed by atoms with Gasteiger partial charge in [0.25, 0.3) is 0 Å². The number of hydrogen-bond acceptors (Lipinski definition) is 7. The third kappa shape index (κ3) is 4.65. The van der Waals surface area contributed by atoms with Crippen molar-refractivity contribution in [1.29, 1.82) is 0 Å². The second kappa shape index (κ2) is 9.19. The summed E-state index contributed by atoms with van der Waals surface area (Å²) in [5.41, 5.74) is 3.37. The van der Waals surface area contributed by atoms with Gasteiger partial charge in [-0.2, -0.15) is 5.10 Å². The maximum absolute atomic E-state index is 12.8. The summed E-state index contributed by atoms with van der Waals surface area (Å²) in [5.74, 6) is 0.611. The molecule has 0 spiro atoms. The van der Waals surface area contributed by atoms with Crippen molar-refractivity contribution in [2.75, 3.05) is 19.0 Å². The summed E-state index contributed by atoms with van der Waals surface area (Å²) in [6.07, 6.45) is 3.43. The quantitative estimate of drug-likeness (QED) is 0.564. The Kier molecular flexibility index (Phi) is 6.65. The van der Waals surface area contributed by atoms with E-state index in [9.17, 15) is 4.79 Å². The first-order chi connectivity index (χ1) is 13.9. The van der Waals surface area contributed by atoms with Gasteiger partial charge in [-0.25, -0.2) is 0 Å². The second-order valence-corrected chi connectivity index (χ2v) is 7.91. The normalized spacial score (nSPS) is 12.2. The van der Waals surface area contributed by atoms with Gasteiger partial charge in [-0.05, 0) is 32.9 Å². The van der Waals surface area contributed by atoms with Crippen LogP contribution in [0.4, 0.5) is 5.69 Å². The second-order valence-electron chi connectivity index (χ2n) is 6.61. The van der Waals surface area contributed by atoms with E-state index in [2.05, 4.69) is 25.6 Å². The Hall–Kier alpha value is -2.72. The van der Waals surface area contributed by atoms with Gasteiger partial charge in [-0.15, -0.1) is 10.2 Å². The zero-order valence-electron chi connectivity index (χ0n) is 17.2. The van der Waals surface area contributed by atoms with Gasteiger partial charge in [-0.3, -0.25) is 19.0 Å². The van der Waals surface area contributed by atoms with E-state index < -0.39 is 0 Å². The van der Waals surface area contributed by atoms with Crippen molar-refractivity contribution < 1.29 is 9.53 Å². The molecule has 0 aliphatic rings. The van der Waals surface area contributed by atoms with Crippen molar-refractivity contribution >= 4 is 23.4 Å². The summed E-state index contributed by atoms with van der Waals surface area (Å²) < 4.78 is 8.96. The van der Waals surface area contributed by atoms with Crippen LogP contribution in [0.1, 0.15) is 18.3 Å². The number of carbonyl (C=O) groups is 1. The predicted octanol–water partition coefficient (Wildman–Crippen LogP) is 2.46. The van der Waals surface area contributed by atoms with Gasteiger partial charge in [0.1, 0.15) is 0 Å². The molecule has 0 saturated carbocycles. The number of thioether (sulfide) groups is 1. The van der Waals surface area contributed by atoms with E-state index in [1.54, 1.807) is 24.2 Å². The van der Waals surface area contributed by atoms with Crippen molar-refractivity contribution in [3.05, 3.63) is 35.9 Å². The highest BCUT2D eigenvalue weighted by Gasteiger charge is 2.22. The van der Waals surface area contributed by atoms with E-state index in [1.165, 1.54) is 11.8 Å². The Morgan fingerprint density at radius 2 is 2.00 bits per heavy atom. The van der Waals surface area contributed by atoms with Gasteiger partial charge in [0.15, 0.2) is 11.0 Å². The number of nitrogens with zero attached hydrogens (tertiary/aromatic N) is 6. The van der Waals surface area contributed by atoms with Crippen molar-refractivity contribution in [2.45, 2.75) is 37.7 Å². The molecule has 0 aliphatic heterocycles. The third-order valence-electron chi connectivity index (χ3n) is 4.58. The zero-order chi connectivity index (χ0) is 21.0. The molecule has 1 amide bonds. The maximum atomic E-state index is 12.8. The van der Waals surface area contributed by atoms with Crippen LogP contribution < -0.4 is 5.32 Å². The molecule has 3 heterocycles. The molecule has 3 aromatic heterocycles. The number of aromatic nitrogens is 6. The van der Waals surface area contributed by atoms with Crippen LogP contribution in [0.3, 0.4) is 0 Å². The summed E-state index contributed by atoms with van der Waals surface area (Å²) in [6, 6.07) is 3.76. The molecule has 10 heteroatoms. The van der Waals surface area contributed by atoms with Gasteiger partial charge in [-0.1, -0.05) is 11.8 Å². The Morgan fingerprint density at radius 1 is 1.28 bits per heavy atom. The number of methoxy groups -OCH3 is 1. The molecule has 9 nitrogen and oxygen atoms in total. The highest BCUT2D eigenvalue weighted by Crippen LogP contribution is 2.28. The summed E-state index contributed by atoms with van der Waals surface area (Å²) in [4.78, 5) is 16.8. The standard InChI is InChI=1S/C19H25N7O2S/c1-12-16(13(2)25(4)24-12)21-18(27)14(3)29-19-23-22-17(26(19)10-11-28-5)15-6-8-20-9-7-15/h6-9,14H,10-11H2,1-5H3,(H,21,27)/t14-/m1/s1. The fourth-order valence-corrected chi connectivity index (χ4v) is 3.74. The van der Waals surface area contributed by atoms with E-state index in [0.29, 0.717) is 18.3 Å². The Morgan fingerprint density at radius 3 is 2.62 bits per heavy atom. The largest absolute Gasteiger partial charge is 0.383 e. The maximum Gasteiger partial charge on any atom is 0.237 e. The van der Waals surface area contributed by atoms with Crippen molar-refractivity contribution in [2.24, 2.45) is 7.05 Å². The minimum Gasteiger partial charge on any atom is -0.383 e. The van der Waals surface area contributed by atoms with Crippen LogP contribution in [-0.4, -0.2) is 54.4 Å². The lowest BCUT2D eigenvalue weighted by Crippen LogP contribution is -2.23. The number of ether oxygens (including phenoxy) is 1. The summed E-state index contributed by atoms with van der Waals surface area (Å²) >= 11 is 1.36. The smallest absolute Gasteiger partial charge is 0.237 e. The number of nitrogens with one attached hydrogen (secondary N) is 1.